The second kappa shape index (κ2) is 16.0. The van der Waals surface area contributed by atoms with Crippen LogP contribution in [0.3, 0.4) is 0 Å². The van der Waals surface area contributed by atoms with Crippen LogP contribution in [0.15, 0.2) is 60.7 Å². The number of carbonyl (C=O) groups excluding carboxylic acids is 2. The molecule has 1 heterocycles. The minimum Gasteiger partial charge on any atom is -0.366 e. The van der Waals surface area contributed by atoms with Crippen molar-refractivity contribution >= 4 is 45.7 Å². The highest BCUT2D eigenvalue weighted by Gasteiger charge is 2.29. The monoisotopic (exact) mass is 663 g/mol. The van der Waals surface area contributed by atoms with Crippen molar-refractivity contribution in [1.82, 2.24) is 10.2 Å². The van der Waals surface area contributed by atoms with E-state index in [1.807, 2.05) is 12.1 Å². The van der Waals surface area contributed by atoms with Crippen LogP contribution < -0.4 is 21.1 Å². The maximum absolute atomic E-state index is 14.2. The van der Waals surface area contributed by atoms with Gasteiger partial charge in [-0.15, -0.1) is 12.4 Å². The van der Waals surface area contributed by atoms with E-state index in [9.17, 15) is 26.8 Å². The number of halogens is 3. The number of hydrogen-bond acceptors (Lipinski definition) is 5. The summed E-state index contributed by atoms with van der Waals surface area (Å²) in [5.74, 6) is -3.13. The number of rotatable bonds is 12. The van der Waals surface area contributed by atoms with E-state index in [2.05, 4.69) is 51.4 Å². The second-order valence-electron chi connectivity index (χ2n) is 11.3. The number of sulfonamides is 1. The Bertz CT molecular complexity index is 1570. The minimum absolute atomic E-state index is 0. The lowest BCUT2D eigenvalue weighted by molar-refractivity contribution is 0.0996. The van der Waals surface area contributed by atoms with E-state index in [4.69, 9.17) is 5.73 Å². The van der Waals surface area contributed by atoms with E-state index in [1.54, 1.807) is 12.1 Å². The van der Waals surface area contributed by atoms with Gasteiger partial charge < -0.3 is 16.4 Å². The summed E-state index contributed by atoms with van der Waals surface area (Å²) in [5.41, 5.74) is 8.27. The number of piperidine rings is 1. The third-order valence-corrected chi connectivity index (χ3v) is 8.31. The smallest absolute Gasteiger partial charge is 0.319 e. The molecule has 0 aliphatic carbocycles. The highest BCUT2D eigenvalue weighted by atomic mass is 35.5. The normalized spacial score (nSPS) is 16.8. The van der Waals surface area contributed by atoms with Gasteiger partial charge in [0.05, 0.1) is 17.5 Å². The Kier molecular flexibility index (Phi) is 12.7. The average Bonchev–Trinajstić information content (AvgIpc) is 2.95. The number of anilines is 2. The molecule has 13 heteroatoms. The number of likely N-dealkylation sites (tertiary alicyclic amines) is 1. The molecule has 2 atom stereocenters. The standard InChI is InChI=1S/C32H39F2N5O4S.ClH/c1-3-4-5-26-17-25(36-32(41)37-30-18-27(31(35)40)28(33)19-29(30)34)14-15-39(26)20-23-8-6-21(7-9-23)16-22-10-12-24(13-11-22)38-44(2,42)43;/h6-13,18-19,25-26,38H,3-5,14-17,20H2,1-2H3,(H2,35,40)(H2,36,37,41);1H. The molecule has 1 aliphatic heterocycles. The van der Waals surface area contributed by atoms with Crippen LogP contribution >= 0.6 is 12.4 Å². The van der Waals surface area contributed by atoms with Crippen LogP contribution in [0.2, 0.25) is 0 Å². The summed E-state index contributed by atoms with van der Waals surface area (Å²) in [6.07, 6.45) is 6.36. The molecule has 0 aromatic heterocycles. The number of nitrogens with two attached hydrogens (primary N) is 1. The Hall–Kier alpha value is -3.74. The van der Waals surface area contributed by atoms with Gasteiger partial charge in [-0.25, -0.2) is 22.0 Å². The van der Waals surface area contributed by atoms with E-state index in [1.165, 1.54) is 5.56 Å². The number of nitrogens with zero attached hydrogens (tertiary/aromatic N) is 1. The topological polar surface area (TPSA) is 134 Å². The van der Waals surface area contributed by atoms with E-state index in [0.29, 0.717) is 18.2 Å². The molecule has 1 saturated heterocycles. The van der Waals surface area contributed by atoms with E-state index < -0.39 is 39.2 Å². The third kappa shape index (κ3) is 10.7. The Morgan fingerprint density at radius 3 is 2.20 bits per heavy atom. The molecule has 3 amide bonds. The predicted molar refractivity (Wildman–Crippen MR) is 175 cm³/mol. The first-order valence-electron chi connectivity index (χ1n) is 14.6. The van der Waals surface area contributed by atoms with Crippen LogP contribution in [0.4, 0.5) is 25.0 Å². The molecule has 2 unspecified atom stereocenters. The van der Waals surface area contributed by atoms with Crippen molar-refractivity contribution in [2.75, 3.05) is 22.8 Å². The largest absolute Gasteiger partial charge is 0.366 e. The van der Waals surface area contributed by atoms with Gasteiger partial charge in [-0.2, -0.15) is 0 Å². The molecule has 0 bridgehead atoms. The Morgan fingerprint density at radius 2 is 1.60 bits per heavy atom. The van der Waals surface area contributed by atoms with Gasteiger partial charge in [-0.3, -0.25) is 14.4 Å². The van der Waals surface area contributed by atoms with Gasteiger partial charge in [0.25, 0.3) is 5.91 Å². The quantitative estimate of drug-likeness (QED) is 0.195. The third-order valence-electron chi connectivity index (χ3n) is 7.71. The van der Waals surface area contributed by atoms with Gasteiger partial charge in [-0.1, -0.05) is 56.2 Å². The fourth-order valence-corrected chi connectivity index (χ4v) is 6.06. The summed E-state index contributed by atoms with van der Waals surface area (Å²) < 4.78 is 53.3. The number of primary amides is 1. The summed E-state index contributed by atoms with van der Waals surface area (Å²) in [5, 5.41) is 5.29. The highest BCUT2D eigenvalue weighted by molar-refractivity contribution is 7.92. The van der Waals surface area contributed by atoms with Gasteiger partial charge in [0.15, 0.2) is 0 Å². The maximum Gasteiger partial charge on any atom is 0.319 e. The molecular weight excluding hydrogens is 624 g/mol. The summed E-state index contributed by atoms with van der Waals surface area (Å²) in [4.78, 5) is 26.5. The van der Waals surface area contributed by atoms with Crippen molar-refractivity contribution in [3.05, 3.63) is 94.6 Å². The number of benzene rings is 3. The van der Waals surface area contributed by atoms with E-state index in [-0.39, 0.29) is 30.2 Å². The molecule has 4 rings (SSSR count). The molecule has 0 radical (unpaired) electrons. The summed E-state index contributed by atoms with van der Waals surface area (Å²) in [6, 6.07) is 16.7. The number of carbonyl (C=O) groups is 2. The van der Waals surface area contributed by atoms with Crippen LogP contribution in [-0.4, -0.2) is 50.1 Å². The number of amides is 3. The van der Waals surface area contributed by atoms with Gasteiger partial charge in [-0.05, 0) is 60.6 Å². The first-order chi connectivity index (χ1) is 20.9. The lowest BCUT2D eigenvalue weighted by Gasteiger charge is -2.40. The molecule has 5 N–H and O–H groups in total. The molecule has 3 aromatic rings. The molecule has 0 spiro atoms. The Labute approximate surface area is 269 Å². The lowest BCUT2D eigenvalue weighted by atomic mass is 9.92. The molecular formula is C32H40ClF2N5O4S. The van der Waals surface area contributed by atoms with Crippen LogP contribution in [-0.2, 0) is 23.0 Å². The van der Waals surface area contributed by atoms with Crippen LogP contribution in [0.1, 0.15) is 66.1 Å². The predicted octanol–water partition coefficient (Wildman–Crippen LogP) is 5.79. The van der Waals surface area contributed by atoms with Crippen molar-refractivity contribution in [1.29, 1.82) is 0 Å². The van der Waals surface area contributed by atoms with Crippen molar-refractivity contribution in [2.45, 2.75) is 64.1 Å². The summed E-state index contributed by atoms with van der Waals surface area (Å²) in [6.45, 7) is 3.68. The SMILES string of the molecule is CCCCC1CC(NC(=O)Nc2cc(C(N)=O)c(F)cc2F)CCN1Cc1ccc(Cc2ccc(NS(C)(=O)=O)cc2)cc1.Cl. The molecule has 0 saturated carbocycles. The Morgan fingerprint density at radius 1 is 0.978 bits per heavy atom. The molecule has 1 fully saturated rings. The zero-order chi connectivity index (χ0) is 31.9. The number of hydrogen-bond donors (Lipinski definition) is 4. The first kappa shape index (κ1) is 35.7. The van der Waals surface area contributed by atoms with Crippen LogP contribution in [0.5, 0.6) is 0 Å². The second-order valence-corrected chi connectivity index (χ2v) is 13.1. The minimum atomic E-state index is -3.31. The van der Waals surface area contributed by atoms with Crippen molar-refractivity contribution < 1.29 is 26.8 Å². The molecule has 3 aromatic carbocycles. The highest BCUT2D eigenvalue weighted by Crippen LogP contribution is 2.25. The van der Waals surface area contributed by atoms with Crippen molar-refractivity contribution in [3.63, 3.8) is 0 Å². The van der Waals surface area contributed by atoms with E-state index >= 15 is 0 Å². The summed E-state index contributed by atoms with van der Waals surface area (Å²) >= 11 is 0. The summed E-state index contributed by atoms with van der Waals surface area (Å²) in [7, 11) is -3.31. The number of unbranched alkanes of at least 4 members (excludes halogenated alkanes) is 1. The van der Waals surface area contributed by atoms with Gasteiger partial charge in [0, 0.05) is 36.9 Å². The number of urea groups is 1. The maximum atomic E-state index is 14.2. The molecule has 9 nitrogen and oxygen atoms in total. The zero-order valence-corrected chi connectivity index (χ0v) is 26.9. The van der Waals surface area contributed by atoms with Gasteiger partial charge in [0.1, 0.15) is 11.6 Å². The van der Waals surface area contributed by atoms with E-state index in [0.717, 1.165) is 68.6 Å². The lowest BCUT2D eigenvalue weighted by Crippen LogP contribution is -2.50. The Balaban J connectivity index is 0.00000552. The van der Waals surface area contributed by atoms with Gasteiger partial charge in [0.2, 0.25) is 10.0 Å². The molecule has 45 heavy (non-hydrogen) atoms. The number of nitrogens with one attached hydrogen (secondary N) is 3. The van der Waals surface area contributed by atoms with Crippen molar-refractivity contribution in [2.24, 2.45) is 5.73 Å². The van der Waals surface area contributed by atoms with Crippen LogP contribution in [0, 0.1) is 11.6 Å². The van der Waals surface area contributed by atoms with Gasteiger partial charge >= 0.3 is 6.03 Å². The average molecular weight is 664 g/mol. The molecule has 1 aliphatic rings. The fourth-order valence-electron chi connectivity index (χ4n) is 5.49. The van der Waals surface area contributed by atoms with Crippen molar-refractivity contribution in [3.8, 4) is 0 Å². The zero-order valence-electron chi connectivity index (χ0n) is 25.3. The van der Waals surface area contributed by atoms with Crippen LogP contribution in [0.25, 0.3) is 0 Å². The first-order valence-corrected chi connectivity index (χ1v) is 16.5. The fraction of sp³-hybridized carbons (Fsp3) is 0.375. The molecule has 244 valence electrons.